The SMILES string of the molecule is CC(C)Oc1ccc(/C(=C\C=C\C(=O)O)c2ccc(C(F)(F)F)cc2)cc1. The lowest BCUT2D eigenvalue weighted by Gasteiger charge is -2.13. The fourth-order valence-electron chi connectivity index (χ4n) is 2.41. The summed E-state index contributed by atoms with van der Waals surface area (Å²) in [4.78, 5) is 10.7. The number of ether oxygens (including phenoxy) is 1. The molecule has 0 aliphatic rings. The molecule has 0 unspecified atom stereocenters. The summed E-state index contributed by atoms with van der Waals surface area (Å²) in [5.41, 5.74) is 1.11. The number of aliphatic carboxylic acids is 1. The highest BCUT2D eigenvalue weighted by atomic mass is 19.4. The van der Waals surface area contributed by atoms with E-state index in [0.717, 1.165) is 23.8 Å². The summed E-state index contributed by atoms with van der Waals surface area (Å²) in [7, 11) is 0. The van der Waals surface area contributed by atoms with Gasteiger partial charge in [-0.05, 0) is 54.8 Å². The monoisotopic (exact) mass is 376 g/mol. The van der Waals surface area contributed by atoms with Gasteiger partial charge in [0.15, 0.2) is 0 Å². The molecule has 2 aromatic rings. The van der Waals surface area contributed by atoms with Gasteiger partial charge < -0.3 is 9.84 Å². The van der Waals surface area contributed by atoms with E-state index in [2.05, 4.69) is 0 Å². The van der Waals surface area contributed by atoms with Gasteiger partial charge in [-0.15, -0.1) is 0 Å². The molecule has 0 aromatic heterocycles. The lowest BCUT2D eigenvalue weighted by molar-refractivity contribution is -0.137. The summed E-state index contributed by atoms with van der Waals surface area (Å²) >= 11 is 0. The Labute approximate surface area is 155 Å². The molecule has 2 rings (SSSR count). The molecule has 0 aliphatic heterocycles. The molecule has 142 valence electrons. The maximum atomic E-state index is 12.8. The van der Waals surface area contributed by atoms with Crippen LogP contribution in [0, 0.1) is 0 Å². The van der Waals surface area contributed by atoms with Gasteiger partial charge >= 0.3 is 12.1 Å². The molecule has 0 bridgehead atoms. The first kappa shape index (κ1) is 20.3. The highest BCUT2D eigenvalue weighted by Crippen LogP contribution is 2.32. The van der Waals surface area contributed by atoms with Crippen LogP contribution in [0.4, 0.5) is 13.2 Å². The van der Waals surface area contributed by atoms with Gasteiger partial charge in [-0.1, -0.05) is 36.4 Å². The molecule has 0 radical (unpaired) electrons. The van der Waals surface area contributed by atoms with Gasteiger partial charge in [-0.25, -0.2) is 4.79 Å². The van der Waals surface area contributed by atoms with E-state index in [4.69, 9.17) is 9.84 Å². The van der Waals surface area contributed by atoms with Crippen molar-refractivity contribution >= 4 is 11.5 Å². The average molecular weight is 376 g/mol. The Balaban J connectivity index is 2.41. The van der Waals surface area contributed by atoms with Gasteiger partial charge in [0, 0.05) is 6.08 Å². The third-order valence-electron chi connectivity index (χ3n) is 3.56. The van der Waals surface area contributed by atoms with E-state index in [-0.39, 0.29) is 6.10 Å². The third-order valence-corrected chi connectivity index (χ3v) is 3.56. The van der Waals surface area contributed by atoms with Crippen LogP contribution in [0.3, 0.4) is 0 Å². The molecule has 6 heteroatoms. The standard InChI is InChI=1S/C21H19F3O3/c1-14(2)27-18-12-8-16(9-13-18)19(4-3-5-20(25)26)15-6-10-17(11-7-15)21(22,23)24/h3-14H,1-2H3,(H,25,26)/b5-3+,19-4-. The first-order chi connectivity index (χ1) is 12.7. The van der Waals surface area contributed by atoms with Crippen molar-refractivity contribution in [3.8, 4) is 5.75 Å². The largest absolute Gasteiger partial charge is 0.491 e. The summed E-state index contributed by atoms with van der Waals surface area (Å²) in [6.45, 7) is 3.80. The molecular weight excluding hydrogens is 357 g/mol. The lowest BCUT2D eigenvalue weighted by atomic mass is 9.96. The minimum atomic E-state index is -4.42. The van der Waals surface area contributed by atoms with Gasteiger partial charge in [0.05, 0.1) is 11.7 Å². The van der Waals surface area contributed by atoms with Gasteiger partial charge in [0.1, 0.15) is 5.75 Å². The van der Waals surface area contributed by atoms with E-state index in [0.29, 0.717) is 16.9 Å². The Bertz CT molecular complexity index is 830. The average Bonchev–Trinajstić information content (AvgIpc) is 2.58. The molecule has 1 N–H and O–H groups in total. The lowest BCUT2D eigenvalue weighted by Crippen LogP contribution is -2.05. The van der Waals surface area contributed by atoms with Crippen LogP contribution in [-0.2, 0) is 11.0 Å². The highest BCUT2D eigenvalue weighted by Gasteiger charge is 2.30. The van der Waals surface area contributed by atoms with Crippen molar-refractivity contribution in [1.29, 1.82) is 0 Å². The number of halogens is 3. The first-order valence-electron chi connectivity index (χ1n) is 8.23. The summed E-state index contributed by atoms with van der Waals surface area (Å²) < 4.78 is 43.9. The predicted octanol–water partition coefficient (Wildman–Crippen LogP) is 5.57. The number of carboxylic acids is 1. The zero-order valence-electron chi connectivity index (χ0n) is 14.8. The van der Waals surface area contributed by atoms with Gasteiger partial charge in [0.25, 0.3) is 0 Å². The van der Waals surface area contributed by atoms with Crippen molar-refractivity contribution in [3.05, 3.63) is 83.4 Å². The number of rotatable bonds is 6. The second-order valence-electron chi connectivity index (χ2n) is 6.04. The molecule has 0 saturated carbocycles. The molecule has 3 nitrogen and oxygen atoms in total. The van der Waals surface area contributed by atoms with E-state index >= 15 is 0 Å². The smallest absolute Gasteiger partial charge is 0.416 e. The molecule has 27 heavy (non-hydrogen) atoms. The van der Waals surface area contributed by atoms with Crippen molar-refractivity contribution in [1.82, 2.24) is 0 Å². The van der Waals surface area contributed by atoms with Gasteiger partial charge in [-0.3, -0.25) is 0 Å². The first-order valence-corrected chi connectivity index (χ1v) is 8.23. The fourth-order valence-corrected chi connectivity index (χ4v) is 2.41. The number of carboxylic acid groups (broad SMARTS) is 1. The topological polar surface area (TPSA) is 46.5 Å². The number of benzene rings is 2. The molecule has 0 heterocycles. The van der Waals surface area contributed by atoms with Crippen LogP contribution in [0.1, 0.15) is 30.5 Å². The Hall–Kier alpha value is -3.02. The van der Waals surface area contributed by atoms with E-state index < -0.39 is 17.7 Å². The predicted molar refractivity (Wildman–Crippen MR) is 97.5 cm³/mol. The molecule has 0 spiro atoms. The van der Waals surface area contributed by atoms with Crippen LogP contribution in [-0.4, -0.2) is 17.2 Å². The van der Waals surface area contributed by atoms with Crippen LogP contribution in [0.15, 0.2) is 66.8 Å². The molecule has 0 atom stereocenters. The molecule has 0 aliphatic carbocycles. The normalized spacial score (nSPS) is 12.6. The van der Waals surface area contributed by atoms with Crippen LogP contribution >= 0.6 is 0 Å². The highest BCUT2D eigenvalue weighted by molar-refractivity contribution is 5.84. The van der Waals surface area contributed by atoms with Crippen LogP contribution in [0.5, 0.6) is 5.75 Å². The molecule has 0 amide bonds. The van der Waals surface area contributed by atoms with Crippen molar-refractivity contribution in [2.75, 3.05) is 0 Å². The van der Waals surface area contributed by atoms with Crippen molar-refractivity contribution in [2.45, 2.75) is 26.1 Å². The Morgan fingerprint density at radius 2 is 1.52 bits per heavy atom. The number of alkyl halides is 3. The van der Waals surface area contributed by atoms with Gasteiger partial charge in [-0.2, -0.15) is 13.2 Å². The zero-order valence-corrected chi connectivity index (χ0v) is 14.8. The van der Waals surface area contributed by atoms with E-state index in [9.17, 15) is 18.0 Å². The van der Waals surface area contributed by atoms with E-state index in [1.54, 1.807) is 30.3 Å². The zero-order chi connectivity index (χ0) is 20.0. The molecule has 0 fully saturated rings. The molecule has 0 saturated heterocycles. The minimum absolute atomic E-state index is 0.0132. The summed E-state index contributed by atoms with van der Waals surface area (Å²) in [6.07, 6.45) is -0.552. The fraction of sp³-hybridized carbons (Fsp3) is 0.190. The van der Waals surface area contributed by atoms with Crippen molar-refractivity contribution < 1.29 is 27.8 Å². The quantitative estimate of drug-likeness (QED) is 0.530. The Kier molecular flexibility index (Phi) is 6.45. The maximum Gasteiger partial charge on any atom is 0.416 e. The molecule has 2 aromatic carbocycles. The Morgan fingerprint density at radius 3 is 1.96 bits per heavy atom. The second kappa shape index (κ2) is 8.58. The van der Waals surface area contributed by atoms with Crippen LogP contribution < -0.4 is 4.74 Å². The Morgan fingerprint density at radius 1 is 1.00 bits per heavy atom. The van der Waals surface area contributed by atoms with Gasteiger partial charge in [0.2, 0.25) is 0 Å². The number of carbonyl (C=O) groups is 1. The van der Waals surface area contributed by atoms with Crippen LogP contribution in [0.2, 0.25) is 0 Å². The summed E-state index contributed by atoms with van der Waals surface area (Å²) in [5, 5.41) is 8.76. The van der Waals surface area contributed by atoms with Crippen LogP contribution in [0.25, 0.3) is 5.57 Å². The third kappa shape index (κ3) is 6.02. The van der Waals surface area contributed by atoms with Crippen molar-refractivity contribution in [3.63, 3.8) is 0 Å². The summed E-state index contributed by atoms with van der Waals surface area (Å²) in [6, 6.07) is 11.8. The van der Waals surface area contributed by atoms with Crippen molar-refractivity contribution in [2.24, 2.45) is 0 Å². The summed E-state index contributed by atoms with van der Waals surface area (Å²) in [5.74, 6) is -0.444. The number of hydrogen-bond donors (Lipinski definition) is 1. The maximum absolute atomic E-state index is 12.8. The number of allylic oxidation sites excluding steroid dienone is 2. The second-order valence-corrected chi connectivity index (χ2v) is 6.04. The van der Waals surface area contributed by atoms with E-state index in [1.807, 2.05) is 13.8 Å². The minimum Gasteiger partial charge on any atom is -0.491 e. The number of hydrogen-bond acceptors (Lipinski definition) is 2. The molecular formula is C21H19F3O3. The van der Waals surface area contributed by atoms with E-state index in [1.165, 1.54) is 18.2 Å².